The molecule has 8 nitrogen and oxygen atoms in total. The molecule has 0 aliphatic rings. The summed E-state index contributed by atoms with van der Waals surface area (Å²) in [5.41, 5.74) is -0.373. The molecule has 3 heterocycles. The van der Waals surface area contributed by atoms with Gasteiger partial charge in [-0.3, -0.25) is 18.7 Å². The molecule has 3 aromatic heterocycles. The van der Waals surface area contributed by atoms with Gasteiger partial charge in [0.05, 0.1) is 5.52 Å². The Hall–Kier alpha value is -2.68. The average Bonchev–Trinajstić information content (AvgIpc) is 3.13. The molecular weight excluding hydrogens is 320 g/mol. The minimum absolute atomic E-state index is 0.210. The van der Waals surface area contributed by atoms with E-state index >= 15 is 0 Å². The van der Waals surface area contributed by atoms with Gasteiger partial charge < -0.3 is 9.84 Å². The predicted octanol–water partition coefficient (Wildman–Crippen LogP) is 1.18. The van der Waals surface area contributed by atoms with E-state index in [9.17, 15) is 14.4 Å². The molecule has 1 N–H and O–H groups in total. The number of hydrogen-bond acceptors (Lipinski definition) is 6. The Labute approximate surface area is 133 Å². The summed E-state index contributed by atoms with van der Waals surface area (Å²) in [6.07, 6.45) is 0. The minimum atomic E-state index is -0.505. The zero-order chi connectivity index (χ0) is 16.6. The average molecular weight is 334 g/mol. The number of aromatic nitrogens is 3. The van der Waals surface area contributed by atoms with Gasteiger partial charge in [0.2, 0.25) is 5.91 Å². The SMILES string of the molecule is CCn1c(=O)c2sccc2n(CC(=O)Nc2cc(C)on2)c1=O. The zero-order valence-electron chi connectivity index (χ0n) is 12.5. The molecule has 0 spiro atoms. The molecule has 0 aliphatic heterocycles. The number of carbonyl (C=O) groups excluding carboxylic acids is 1. The molecular formula is C14H14N4O4S. The summed E-state index contributed by atoms with van der Waals surface area (Å²) in [4.78, 5) is 36.8. The second-order valence-electron chi connectivity index (χ2n) is 4.92. The van der Waals surface area contributed by atoms with E-state index in [-0.39, 0.29) is 24.5 Å². The lowest BCUT2D eigenvalue weighted by Gasteiger charge is -2.10. The van der Waals surface area contributed by atoms with Crippen LogP contribution in [-0.4, -0.2) is 20.2 Å². The highest BCUT2D eigenvalue weighted by Crippen LogP contribution is 2.15. The molecule has 0 saturated heterocycles. The smallest absolute Gasteiger partial charge is 0.331 e. The summed E-state index contributed by atoms with van der Waals surface area (Å²) < 4.78 is 7.74. The fraction of sp³-hybridized carbons (Fsp3) is 0.286. The van der Waals surface area contributed by atoms with Crippen LogP contribution in [0.15, 0.2) is 31.6 Å². The third kappa shape index (κ3) is 2.70. The van der Waals surface area contributed by atoms with E-state index < -0.39 is 11.6 Å². The molecule has 0 saturated carbocycles. The topological polar surface area (TPSA) is 99.1 Å². The number of anilines is 1. The number of hydrogen-bond donors (Lipinski definition) is 1. The number of carbonyl (C=O) groups is 1. The van der Waals surface area contributed by atoms with Gasteiger partial charge in [0.1, 0.15) is 17.0 Å². The molecule has 1 amide bonds. The van der Waals surface area contributed by atoms with Crippen molar-refractivity contribution < 1.29 is 9.32 Å². The van der Waals surface area contributed by atoms with Crippen LogP contribution in [-0.2, 0) is 17.9 Å². The first-order valence-corrected chi connectivity index (χ1v) is 7.83. The minimum Gasteiger partial charge on any atom is -0.360 e. The van der Waals surface area contributed by atoms with Crippen molar-refractivity contribution in [2.24, 2.45) is 0 Å². The number of nitrogens with zero attached hydrogens (tertiary/aromatic N) is 3. The zero-order valence-corrected chi connectivity index (χ0v) is 13.3. The highest BCUT2D eigenvalue weighted by atomic mass is 32.1. The number of rotatable bonds is 4. The molecule has 0 unspecified atom stereocenters. The van der Waals surface area contributed by atoms with Gasteiger partial charge in [0, 0.05) is 12.6 Å². The quantitative estimate of drug-likeness (QED) is 0.772. The Balaban J connectivity index is 1.99. The molecule has 0 aromatic carbocycles. The molecule has 0 fully saturated rings. The van der Waals surface area contributed by atoms with Crippen molar-refractivity contribution in [1.29, 1.82) is 0 Å². The summed E-state index contributed by atoms with van der Waals surface area (Å²) >= 11 is 1.25. The number of aryl methyl sites for hydroxylation is 1. The van der Waals surface area contributed by atoms with Crippen LogP contribution in [0.3, 0.4) is 0 Å². The van der Waals surface area contributed by atoms with Gasteiger partial charge in [0.15, 0.2) is 5.82 Å². The third-order valence-electron chi connectivity index (χ3n) is 3.35. The molecule has 0 atom stereocenters. The van der Waals surface area contributed by atoms with E-state index in [2.05, 4.69) is 10.5 Å². The van der Waals surface area contributed by atoms with Gasteiger partial charge in [-0.25, -0.2) is 4.79 Å². The van der Waals surface area contributed by atoms with E-state index in [1.807, 2.05) is 0 Å². The lowest BCUT2D eigenvalue weighted by molar-refractivity contribution is -0.116. The maximum atomic E-state index is 12.4. The second kappa shape index (κ2) is 5.84. The lowest BCUT2D eigenvalue weighted by Crippen LogP contribution is -2.40. The van der Waals surface area contributed by atoms with Crippen molar-refractivity contribution in [3.8, 4) is 0 Å². The summed E-state index contributed by atoms with van der Waals surface area (Å²) in [7, 11) is 0. The number of amides is 1. The van der Waals surface area contributed by atoms with Crippen molar-refractivity contribution in [3.63, 3.8) is 0 Å². The summed E-state index contributed by atoms with van der Waals surface area (Å²) in [5, 5.41) is 7.96. The largest absolute Gasteiger partial charge is 0.360 e. The van der Waals surface area contributed by atoms with Crippen LogP contribution in [0, 0.1) is 6.92 Å². The Bertz CT molecular complexity index is 994. The van der Waals surface area contributed by atoms with Crippen LogP contribution in [0.25, 0.3) is 10.2 Å². The monoisotopic (exact) mass is 334 g/mol. The van der Waals surface area contributed by atoms with Crippen LogP contribution in [0.4, 0.5) is 5.82 Å². The van der Waals surface area contributed by atoms with Crippen LogP contribution in [0.5, 0.6) is 0 Å². The number of nitrogens with one attached hydrogen (secondary N) is 1. The molecule has 0 bridgehead atoms. The first kappa shape index (κ1) is 15.2. The van der Waals surface area contributed by atoms with E-state index in [4.69, 9.17) is 4.52 Å². The Morgan fingerprint density at radius 1 is 1.39 bits per heavy atom. The van der Waals surface area contributed by atoms with E-state index in [1.54, 1.807) is 31.4 Å². The Morgan fingerprint density at radius 3 is 2.83 bits per heavy atom. The highest BCUT2D eigenvalue weighted by Gasteiger charge is 2.16. The molecule has 9 heteroatoms. The van der Waals surface area contributed by atoms with Crippen LogP contribution < -0.4 is 16.6 Å². The second-order valence-corrected chi connectivity index (χ2v) is 5.84. The standard InChI is InChI=1S/C14H14N4O4S/c1-3-17-13(20)12-9(4-5-23-12)18(14(17)21)7-11(19)15-10-6-8(2)22-16-10/h4-6H,3,7H2,1-2H3,(H,15,16,19). The van der Waals surface area contributed by atoms with Crippen molar-refractivity contribution in [2.75, 3.05) is 5.32 Å². The van der Waals surface area contributed by atoms with Crippen LogP contribution in [0.2, 0.25) is 0 Å². The molecule has 0 aliphatic carbocycles. The maximum Gasteiger partial charge on any atom is 0.331 e. The highest BCUT2D eigenvalue weighted by molar-refractivity contribution is 7.17. The van der Waals surface area contributed by atoms with Gasteiger partial charge in [0.25, 0.3) is 5.56 Å². The summed E-state index contributed by atoms with van der Waals surface area (Å²) in [6.45, 7) is 3.46. The van der Waals surface area contributed by atoms with Crippen molar-refractivity contribution in [2.45, 2.75) is 26.9 Å². The van der Waals surface area contributed by atoms with E-state index in [0.717, 1.165) is 4.57 Å². The van der Waals surface area contributed by atoms with Gasteiger partial charge in [-0.05, 0) is 25.3 Å². The maximum absolute atomic E-state index is 12.4. The van der Waals surface area contributed by atoms with Gasteiger partial charge >= 0.3 is 5.69 Å². The van der Waals surface area contributed by atoms with Crippen LogP contribution >= 0.6 is 11.3 Å². The van der Waals surface area contributed by atoms with Crippen LogP contribution in [0.1, 0.15) is 12.7 Å². The van der Waals surface area contributed by atoms with Gasteiger partial charge in [-0.15, -0.1) is 11.3 Å². The van der Waals surface area contributed by atoms with E-state index in [1.165, 1.54) is 15.9 Å². The van der Waals surface area contributed by atoms with Gasteiger partial charge in [-0.1, -0.05) is 5.16 Å². The molecule has 0 radical (unpaired) electrons. The summed E-state index contributed by atoms with van der Waals surface area (Å²) in [5.74, 6) is 0.428. The third-order valence-corrected chi connectivity index (χ3v) is 4.24. The lowest BCUT2D eigenvalue weighted by atomic mass is 10.4. The van der Waals surface area contributed by atoms with Crippen molar-refractivity contribution >= 4 is 33.3 Å². The number of fused-ring (bicyclic) bond motifs is 1. The molecule has 3 aromatic rings. The first-order valence-electron chi connectivity index (χ1n) is 6.95. The Kier molecular flexibility index (Phi) is 3.87. The summed E-state index contributed by atoms with van der Waals surface area (Å²) in [6, 6.07) is 3.24. The normalized spacial score (nSPS) is 11.0. The van der Waals surface area contributed by atoms with E-state index in [0.29, 0.717) is 16.0 Å². The first-order chi connectivity index (χ1) is 11.0. The molecule has 120 valence electrons. The predicted molar refractivity (Wildman–Crippen MR) is 85.9 cm³/mol. The van der Waals surface area contributed by atoms with Gasteiger partial charge in [-0.2, -0.15) is 0 Å². The number of thiophene rings is 1. The Morgan fingerprint density at radius 2 is 2.17 bits per heavy atom. The fourth-order valence-electron chi connectivity index (χ4n) is 2.32. The molecule has 23 heavy (non-hydrogen) atoms. The van der Waals surface area contributed by atoms with Crippen molar-refractivity contribution in [1.82, 2.24) is 14.3 Å². The molecule has 3 rings (SSSR count). The van der Waals surface area contributed by atoms with Crippen molar-refractivity contribution in [3.05, 3.63) is 44.1 Å². The fourth-order valence-corrected chi connectivity index (χ4v) is 3.16.